The number of aromatic nitrogens is 2. The average Bonchev–Trinajstić information content (AvgIpc) is 3.29. The molecular weight excluding hydrogens is 631 g/mol. The fourth-order valence-electron chi connectivity index (χ4n) is 5.39. The number of piperidine rings is 1. The van der Waals surface area contributed by atoms with Gasteiger partial charge in [-0.15, -0.1) is 11.3 Å². The van der Waals surface area contributed by atoms with Crippen LogP contribution >= 0.6 is 22.9 Å². The van der Waals surface area contributed by atoms with E-state index < -0.39 is 45.7 Å². The van der Waals surface area contributed by atoms with Gasteiger partial charge in [0.1, 0.15) is 34.6 Å². The van der Waals surface area contributed by atoms with Crippen LogP contribution in [0.3, 0.4) is 0 Å². The highest BCUT2D eigenvalue weighted by Gasteiger charge is 2.36. The highest BCUT2D eigenvalue weighted by Crippen LogP contribution is 2.46. The van der Waals surface area contributed by atoms with Gasteiger partial charge in [0.25, 0.3) is 0 Å². The summed E-state index contributed by atoms with van der Waals surface area (Å²) in [6, 6.07) is 5.27. The van der Waals surface area contributed by atoms with Crippen molar-refractivity contribution < 1.29 is 32.5 Å². The van der Waals surface area contributed by atoms with Crippen LogP contribution < -0.4 is 10.1 Å². The third-order valence-electron chi connectivity index (χ3n) is 7.43. The van der Waals surface area contributed by atoms with Gasteiger partial charge in [0.05, 0.1) is 22.3 Å². The Kier molecular flexibility index (Phi) is 8.61. The summed E-state index contributed by atoms with van der Waals surface area (Å²) in [6.07, 6.45) is 0.226. The van der Waals surface area contributed by atoms with Crippen LogP contribution in [0.1, 0.15) is 39.7 Å². The van der Waals surface area contributed by atoms with Gasteiger partial charge in [0.15, 0.2) is 5.82 Å². The van der Waals surface area contributed by atoms with Gasteiger partial charge in [-0.25, -0.2) is 18.0 Å². The highest BCUT2D eigenvalue weighted by atomic mass is 35.5. The molecule has 0 bridgehead atoms. The molecule has 0 spiro atoms. The van der Waals surface area contributed by atoms with Gasteiger partial charge < -0.3 is 19.5 Å². The lowest BCUT2D eigenvalue weighted by atomic mass is 9.78. The predicted octanol–water partition coefficient (Wildman–Crippen LogP) is 7.94. The number of carbonyl (C=O) groups is 1. The molecule has 0 radical (unpaired) electrons. The fraction of sp³-hybridized carbons (Fsp3) is 0.355. The van der Waals surface area contributed by atoms with Gasteiger partial charge in [-0.1, -0.05) is 18.5 Å². The molecule has 1 aliphatic rings. The van der Waals surface area contributed by atoms with Crippen molar-refractivity contribution in [3.8, 4) is 29.1 Å². The zero-order valence-corrected chi connectivity index (χ0v) is 26.6. The molecule has 45 heavy (non-hydrogen) atoms. The number of rotatable bonds is 5. The van der Waals surface area contributed by atoms with Gasteiger partial charge >= 0.3 is 12.1 Å². The van der Waals surface area contributed by atoms with E-state index in [2.05, 4.69) is 15.3 Å². The van der Waals surface area contributed by atoms with Crippen molar-refractivity contribution in [2.75, 3.05) is 32.1 Å². The minimum atomic E-state index is -1.10. The van der Waals surface area contributed by atoms with Gasteiger partial charge in [-0.2, -0.15) is 15.2 Å². The van der Waals surface area contributed by atoms with E-state index in [0.29, 0.717) is 36.1 Å². The van der Waals surface area contributed by atoms with E-state index in [1.807, 2.05) is 24.9 Å². The van der Waals surface area contributed by atoms with E-state index in [4.69, 9.17) is 21.1 Å². The first-order chi connectivity index (χ1) is 21.2. The molecule has 4 aromatic rings. The SMILES string of the molecule is CN1CC/C(=C\F)[C@](C)(COc2nc(O)c3cc(Cl)c(-c4c(F)ccc5sc(NC(=O)OC(C)(C)C)c(C#N)c45)c(F)c3n2)C1. The smallest absolute Gasteiger partial charge is 0.412 e. The number of thiophene rings is 1. The summed E-state index contributed by atoms with van der Waals surface area (Å²) in [5.41, 5.74) is -2.31. The molecule has 2 aromatic heterocycles. The van der Waals surface area contributed by atoms with E-state index in [9.17, 15) is 19.6 Å². The number of nitriles is 1. The predicted molar refractivity (Wildman–Crippen MR) is 166 cm³/mol. The van der Waals surface area contributed by atoms with Crippen LogP contribution in [0.5, 0.6) is 11.9 Å². The Hall–Kier alpha value is -4.12. The van der Waals surface area contributed by atoms with Crippen molar-refractivity contribution >= 4 is 55.0 Å². The summed E-state index contributed by atoms with van der Waals surface area (Å²) >= 11 is 7.47. The van der Waals surface area contributed by atoms with Crippen LogP contribution in [0.25, 0.3) is 32.1 Å². The van der Waals surface area contributed by atoms with Crippen LogP contribution in [-0.2, 0) is 4.74 Å². The lowest BCUT2D eigenvalue weighted by Gasteiger charge is -2.39. The topological polar surface area (TPSA) is 121 Å². The summed E-state index contributed by atoms with van der Waals surface area (Å²) in [6.45, 7) is 7.92. The Balaban J connectivity index is 1.61. The van der Waals surface area contributed by atoms with Gasteiger partial charge in [-0.05, 0) is 58.0 Å². The van der Waals surface area contributed by atoms with E-state index in [1.54, 1.807) is 20.8 Å². The molecule has 5 rings (SSSR count). The van der Waals surface area contributed by atoms with Crippen LogP contribution in [0.2, 0.25) is 5.02 Å². The lowest BCUT2D eigenvalue weighted by Crippen LogP contribution is -2.44. The second-order valence-electron chi connectivity index (χ2n) is 12.1. The molecule has 1 atom stereocenters. The molecule has 2 N–H and O–H groups in total. The maximum absolute atomic E-state index is 16.4. The number of anilines is 1. The molecule has 1 saturated heterocycles. The Bertz CT molecular complexity index is 1920. The van der Waals surface area contributed by atoms with Crippen molar-refractivity contribution in [3.05, 3.63) is 52.3 Å². The molecule has 14 heteroatoms. The first-order valence-electron chi connectivity index (χ1n) is 13.8. The summed E-state index contributed by atoms with van der Waals surface area (Å²) in [5.74, 6) is -2.63. The normalized spacial score (nSPS) is 18.4. The number of fused-ring (bicyclic) bond motifs is 2. The van der Waals surface area contributed by atoms with Crippen molar-refractivity contribution in [1.29, 1.82) is 5.26 Å². The largest absolute Gasteiger partial charge is 0.493 e. The van der Waals surface area contributed by atoms with E-state index in [-0.39, 0.29) is 44.5 Å². The molecular formula is C31H29ClF3N5O4S. The summed E-state index contributed by atoms with van der Waals surface area (Å²) in [7, 11) is 1.90. The molecule has 2 aromatic carbocycles. The number of hydrogen-bond donors (Lipinski definition) is 2. The molecule has 0 unspecified atom stereocenters. The van der Waals surface area contributed by atoms with Crippen LogP contribution in [0.4, 0.5) is 23.0 Å². The number of nitrogens with one attached hydrogen (secondary N) is 1. The Morgan fingerprint density at radius 2 is 2.04 bits per heavy atom. The standard InChI is InChI=1S/C31H29ClF3N5O4S/c1-30(2,3)44-29(42)39-27-17(12-36)21-20(45-27)7-6-19(34)23(21)22-18(32)10-16-25(24(22)35)37-28(38-26(16)41)43-14-31(4)13-40(5)9-8-15(31)11-33/h6-7,10-11H,8-9,13-14H2,1-5H3,(H,39,42)(H,37,38,41)/b15-11+/t31-/m0/s1. The van der Waals surface area contributed by atoms with E-state index in [0.717, 1.165) is 17.4 Å². The quantitative estimate of drug-likeness (QED) is 0.222. The number of aromatic hydroxyl groups is 1. The highest BCUT2D eigenvalue weighted by molar-refractivity contribution is 7.23. The minimum Gasteiger partial charge on any atom is -0.493 e. The number of hydrogen-bond acceptors (Lipinski definition) is 9. The lowest BCUT2D eigenvalue weighted by molar-refractivity contribution is 0.0636. The summed E-state index contributed by atoms with van der Waals surface area (Å²) in [5, 5.41) is 22.9. The minimum absolute atomic E-state index is 0.0170. The van der Waals surface area contributed by atoms with Crippen molar-refractivity contribution in [2.24, 2.45) is 5.41 Å². The van der Waals surface area contributed by atoms with Crippen molar-refractivity contribution in [2.45, 2.75) is 39.7 Å². The maximum Gasteiger partial charge on any atom is 0.412 e. The maximum atomic E-state index is 16.4. The van der Waals surface area contributed by atoms with Crippen LogP contribution in [0.15, 0.2) is 30.1 Å². The second-order valence-corrected chi connectivity index (χ2v) is 13.5. The Morgan fingerprint density at radius 3 is 2.71 bits per heavy atom. The molecule has 236 valence electrons. The number of ether oxygens (including phenoxy) is 2. The molecule has 0 saturated carbocycles. The molecule has 9 nitrogen and oxygen atoms in total. The van der Waals surface area contributed by atoms with Crippen molar-refractivity contribution in [1.82, 2.24) is 14.9 Å². The monoisotopic (exact) mass is 659 g/mol. The summed E-state index contributed by atoms with van der Waals surface area (Å²) < 4.78 is 57.1. The molecule has 0 aliphatic carbocycles. The molecule has 1 aliphatic heterocycles. The first-order valence-corrected chi connectivity index (χ1v) is 15.0. The van der Waals surface area contributed by atoms with Crippen LogP contribution in [0, 0.1) is 28.4 Å². The number of amides is 1. The Morgan fingerprint density at radius 1 is 1.31 bits per heavy atom. The summed E-state index contributed by atoms with van der Waals surface area (Å²) in [4.78, 5) is 22.6. The average molecular weight is 660 g/mol. The second kappa shape index (κ2) is 12.0. The number of halogens is 4. The van der Waals surface area contributed by atoms with Gasteiger partial charge in [0, 0.05) is 39.7 Å². The zero-order chi connectivity index (χ0) is 32.8. The fourth-order valence-corrected chi connectivity index (χ4v) is 6.73. The third-order valence-corrected chi connectivity index (χ3v) is 8.80. The molecule has 1 fully saturated rings. The molecule has 1 amide bonds. The number of nitrogens with zero attached hydrogens (tertiary/aromatic N) is 4. The number of carbonyl (C=O) groups excluding carboxylic acids is 1. The first kappa shape index (κ1) is 32.3. The Labute approximate surface area is 265 Å². The zero-order valence-electron chi connectivity index (χ0n) is 25.0. The van der Waals surface area contributed by atoms with Gasteiger partial charge in [-0.3, -0.25) is 5.32 Å². The third kappa shape index (κ3) is 6.22. The van der Waals surface area contributed by atoms with Crippen molar-refractivity contribution in [3.63, 3.8) is 0 Å². The van der Waals surface area contributed by atoms with E-state index >= 15 is 8.78 Å². The number of benzene rings is 2. The van der Waals surface area contributed by atoms with Crippen LogP contribution in [-0.4, -0.2) is 58.4 Å². The number of likely N-dealkylation sites (tertiary alicyclic amines) is 1. The van der Waals surface area contributed by atoms with E-state index in [1.165, 1.54) is 12.1 Å². The van der Waals surface area contributed by atoms with Gasteiger partial charge in [0.2, 0.25) is 5.88 Å². The molecule has 3 heterocycles.